The first-order valence-corrected chi connectivity index (χ1v) is 8.94. The number of alkyl halides is 3. The second kappa shape index (κ2) is 7.52. The fourth-order valence-electron chi connectivity index (χ4n) is 3.22. The lowest BCUT2D eigenvalue weighted by molar-refractivity contribution is -0.137. The van der Waals surface area contributed by atoms with Gasteiger partial charge in [-0.3, -0.25) is 0 Å². The lowest BCUT2D eigenvalue weighted by Gasteiger charge is -2.23. The van der Waals surface area contributed by atoms with Crippen LogP contribution in [0.5, 0.6) is 0 Å². The van der Waals surface area contributed by atoms with E-state index in [1.165, 1.54) is 12.1 Å². The van der Waals surface area contributed by atoms with Crippen LogP contribution in [0.25, 0.3) is 5.76 Å². The van der Waals surface area contributed by atoms with Gasteiger partial charge < -0.3 is 4.84 Å². The van der Waals surface area contributed by atoms with Crippen molar-refractivity contribution < 1.29 is 18.0 Å². The fraction of sp³-hybridized carbons (Fsp3) is 0.130. The molecule has 1 heterocycles. The van der Waals surface area contributed by atoms with Crippen LogP contribution in [0.15, 0.2) is 91.0 Å². The molecule has 1 atom stereocenters. The maximum atomic E-state index is 12.8. The highest BCUT2D eigenvalue weighted by atomic mass is 19.4. The third kappa shape index (κ3) is 3.94. The van der Waals surface area contributed by atoms with E-state index in [-0.39, 0.29) is 6.04 Å². The maximum Gasteiger partial charge on any atom is 0.416 e. The van der Waals surface area contributed by atoms with Crippen LogP contribution in [-0.4, -0.2) is 5.06 Å². The molecule has 0 radical (unpaired) electrons. The van der Waals surface area contributed by atoms with E-state index in [4.69, 9.17) is 4.84 Å². The third-order valence-corrected chi connectivity index (χ3v) is 4.65. The average Bonchev–Trinajstić information content (AvgIpc) is 3.13. The quantitative estimate of drug-likeness (QED) is 0.531. The molecule has 5 heteroatoms. The second-order valence-electron chi connectivity index (χ2n) is 6.61. The summed E-state index contributed by atoms with van der Waals surface area (Å²) in [5.74, 6) is 0.554. The van der Waals surface area contributed by atoms with Crippen molar-refractivity contribution >= 4 is 5.76 Å². The number of hydrogen-bond acceptors (Lipinski definition) is 2. The predicted octanol–water partition coefficient (Wildman–Crippen LogP) is 6.24. The Bertz CT molecular complexity index is 951. The number of halogens is 3. The van der Waals surface area contributed by atoms with Gasteiger partial charge in [0.2, 0.25) is 0 Å². The minimum absolute atomic E-state index is 0.126. The molecule has 0 amide bonds. The summed E-state index contributed by atoms with van der Waals surface area (Å²) < 4.78 is 38.5. The van der Waals surface area contributed by atoms with Crippen LogP contribution in [0.3, 0.4) is 0 Å². The number of hydrogen-bond donors (Lipinski definition) is 0. The Kier molecular flexibility index (Phi) is 4.92. The summed E-state index contributed by atoms with van der Waals surface area (Å²) in [6.07, 6.45) is -2.41. The van der Waals surface area contributed by atoms with Crippen molar-refractivity contribution in [3.63, 3.8) is 0 Å². The van der Waals surface area contributed by atoms with Gasteiger partial charge >= 0.3 is 6.18 Å². The third-order valence-electron chi connectivity index (χ3n) is 4.65. The van der Waals surface area contributed by atoms with E-state index in [0.717, 1.165) is 23.3 Å². The highest BCUT2D eigenvalue weighted by molar-refractivity contribution is 5.62. The average molecular weight is 381 g/mol. The minimum atomic E-state index is -4.35. The number of benzene rings is 3. The molecule has 3 aromatic rings. The Morgan fingerprint density at radius 1 is 0.786 bits per heavy atom. The molecular weight excluding hydrogens is 363 g/mol. The van der Waals surface area contributed by atoms with E-state index in [9.17, 15) is 13.2 Å². The van der Waals surface area contributed by atoms with E-state index < -0.39 is 11.7 Å². The van der Waals surface area contributed by atoms with Gasteiger partial charge in [0.25, 0.3) is 0 Å². The Labute approximate surface area is 161 Å². The first-order chi connectivity index (χ1) is 13.5. The van der Waals surface area contributed by atoms with Gasteiger partial charge in [-0.15, -0.1) is 5.06 Å². The summed E-state index contributed by atoms with van der Waals surface area (Å²) in [7, 11) is 0. The van der Waals surface area contributed by atoms with Crippen molar-refractivity contribution in [2.24, 2.45) is 0 Å². The first kappa shape index (κ1) is 18.3. The van der Waals surface area contributed by atoms with Gasteiger partial charge in [0.15, 0.2) is 5.76 Å². The van der Waals surface area contributed by atoms with Gasteiger partial charge in [0, 0.05) is 5.56 Å². The summed E-state index contributed by atoms with van der Waals surface area (Å²) in [6, 6.07) is 24.7. The van der Waals surface area contributed by atoms with Gasteiger partial charge in [0.1, 0.15) is 0 Å². The second-order valence-corrected chi connectivity index (χ2v) is 6.61. The number of nitrogens with zero attached hydrogens (tertiary/aromatic N) is 1. The normalized spacial score (nSPS) is 17.2. The van der Waals surface area contributed by atoms with Crippen LogP contribution in [0.1, 0.15) is 28.3 Å². The van der Waals surface area contributed by atoms with Crippen molar-refractivity contribution in [3.05, 3.63) is 113 Å². The molecule has 1 aliphatic rings. The van der Waals surface area contributed by atoms with E-state index in [2.05, 4.69) is 0 Å². The zero-order valence-electron chi connectivity index (χ0n) is 14.9. The molecule has 0 spiro atoms. The van der Waals surface area contributed by atoms with E-state index in [1.54, 1.807) is 0 Å². The molecule has 1 aliphatic heterocycles. The van der Waals surface area contributed by atoms with E-state index >= 15 is 0 Å². The first-order valence-electron chi connectivity index (χ1n) is 8.94. The molecule has 0 bridgehead atoms. The molecule has 3 aromatic carbocycles. The van der Waals surface area contributed by atoms with Crippen molar-refractivity contribution in [1.82, 2.24) is 5.06 Å². The lowest BCUT2D eigenvalue weighted by Crippen LogP contribution is -2.22. The highest BCUT2D eigenvalue weighted by Crippen LogP contribution is 2.37. The van der Waals surface area contributed by atoms with Crippen molar-refractivity contribution in [2.75, 3.05) is 0 Å². The SMILES string of the molecule is FC(F)(F)c1ccc(C2=CC(c3ccccc3)N(Cc3ccccc3)O2)cc1. The molecular formula is C23H18F3NO. The molecule has 0 saturated carbocycles. The Morgan fingerprint density at radius 2 is 1.39 bits per heavy atom. The molecule has 0 N–H and O–H groups in total. The van der Waals surface area contributed by atoms with Crippen molar-refractivity contribution in [1.29, 1.82) is 0 Å². The lowest BCUT2D eigenvalue weighted by atomic mass is 10.0. The van der Waals surface area contributed by atoms with Gasteiger partial charge in [-0.05, 0) is 29.3 Å². The summed E-state index contributed by atoms with van der Waals surface area (Å²) in [6.45, 7) is 0.557. The minimum Gasteiger partial charge on any atom is -0.404 e. The van der Waals surface area contributed by atoms with Gasteiger partial charge in [0.05, 0.1) is 18.2 Å². The van der Waals surface area contributed by atoms with Crippen LogP contribution in [0.4, 0.5) is 13.2 Å². The molecule has 1 unspecified atom stereocenters. The zero-order valence-corrected chi connectivity index (χ0v) is 14.9. The number of rotatable bonds is 4. The smallest absolute Gasteiger partial charge is 0.404 e. The molecule has 2 nitrogen and oxygen atoms in total. The van der Waals surface area contributed by atoms with Crippen LogP contribution in [-0.2, 0) is 17.6 Å². The fourth-order valence-corrected chi connectivity index (χ4v) is 3.22. The maximum absolute atomic E-state index is 12.8. The van der Waals surface area contributed by atoms with Crippen LogP contribution < -0.4 is 0 Å². The standard InChI is InChI=1S/C23H18F3NO/c24-23(25,26)20-13-11-19(12-14-20)22-15-21(18-9-5-2-6-10-18)27(28-22)16-17-7-3-1-4-8-17/h1-15,21H,16H2. The highest BCUT2D eigenvalue weighted by Gasteiger charge is 2.32. The predicted molar refractivity (Wildman–Crippen MR) is 102 cm³/mol. The van der Waals surface area contributed by atoms with E-state index in [0.29, 0.717) is 17.9 Å². The van der Waals surface area contributed by atoms with E-state index in [1.807, 2.05) is 71.8 Å². The van der Waals surface area contributed by atoms with Crippen LogP contribution in [0.2, 0.25) is 0 Å². The van der Waals surface area contributed by atoms with Crippen molar-refractivity contribution in [2.45, 2.75) is 18.8 Å². The molecule has 0 fully saturated rings. The Balaban J connectivity index is 1.63. The van der Waals surface area contributed by atoms with Crippen LogP contribution >= 0.6 is 0 Å². The summed E-state index contributed by atoms with van der Waals surface area (Å²) in [5.41, 5.74) is 2.09. The largest absolute Gasteiger partial charge is 0.416 e. The van der Waals surface area contributed by atoms with Gasteiger partial charge in [-0.2, -0.15) is 13.2 Å². The number of hydroxylamine groups is 2. The van der Waals surface area contributed by atoms with Crippen molar-refractivity contribution in [3.8, 4) is 0 Å². The molecule has 0 aliphatic carbocycles. The molecule has 142 valence electrons. The summed E-state index contributed by atoms with van der Waals surface area (Å²) in [4.78, 5) is 6.06. The van der Waals surface area contributed by atoms with Gasteiger partial charge in [-0.25, -0.2) is 0 Å². The molecule has 0 saturated heterocycles. The Hall–Kier alpha value is -3.05. The Morgan fingerprint density at radius 3 is 2.00 bits per heavy atom. The van der Waals surface area contributed by atoms with Gasteiger partial charge in [-0.1, -0.05) is 72.8 Å². The topological polar surface area (TPSA) is 12.5 Å². The molecule has 0 aromatic heterocycles. The monoisotopic (exact) mass is 381 g/mol. The molecule has 4 rings (SSSR count). The van der Waals surface area contributed by atoms with Crippen LogP contribution in [0, 0.1) is 0 Å². The zero-order chi connectivity index (χ0) is 19.6. The summed E-state index contributed by atoms with van der Waals surface area (Å²) >= 11 is 0. The summed E-state index contributed by atoms with van der Waals surface area (Å²) in [5, 5.41) is 1.84. The molecule has 28 heavy (non-hydrogen) atoms.